The number of rotatable bonds is 9. The number of benzene rings is 2. The molecule has 0 saturated heterocycles. The molecule has 0 aliphatic rings. The Morgan fingerprint density at radius 3 is 2.51 bits per heavy atom. The zero-order chi connectivity index (χ0) is 26.5. The zero-order valence-electron chi connectivity index (χ0n) is 21.0. The predicted molar refractivity (Wildman–Crippen MR) is 140 cm³/mol. The van der Waals surface area contributed by atoms with Gasteiger partial charge in [-0.2, -0.15) is 0 Å². The van der Waals surface area contributed by atoms with E-state index < -0.39 is 23.8 Å². The normalized spacial score (nSPS) is 12.9. The van der Waals surface area contributed by atoms with E-state index in [1.54, 1.807) is 54.7 Å². The third kappa shape index (κ3) is 5.97. The number of Topliss-reactive ketones (excluding diaryl/α,β-unsaturated/α-hetero) is 1. The van der Waals surface area contributed by atoms with Gasteiger partial charge in [0.1, 0.15) is 17.6 Å². The minimum atomic E-state index is -0.832. The van der Waals surface area contributed by atoms with E-state index in [9.17, 15) is 18.8 Å². The van der Waals surface area contributed by atoms with E-state index in [0.29, 0.717) is 34.0 Å². The lowest BCUT2D eigenvalue weighted by Gasteiger charge is -2.25. The monoisotopic (exact) mass is 500 g/mol. The van der Waals surface area contributed by atoms with Crippen molar-refractivity contribution in [3.8, 4) is 11.1 Å². The number of hydrogen-bond acceptors (Lipinski definition) is 5. The fraction of sp³-hybridized carbons (Fsp3) is 0.276. The molecule has 1 N–H and O–H groups in total. The SMILES string of the molecule is CC(=O)C[C@H](NC(=O)[C@H](CC(C)C)n1cnc2ccccc2c1=O)c1cncc(-c2ccccc2F)c1. The Balaban J connectivity index is 1.70. The van der Waals surface area contributed by atoms with Crippen LogP contribution in [-0.4, -0.2) is 26.2 Å². The summed E-state index contributed by atoms with van der Waals surface area (Å²) in [7, 11) is 0. The van der Waals surface area contributed by atoms with Crippen molar-refractivity contribution in [2.75, 3.05) is 0 Å². The Hall–Kier alpha value is -4.20. The molecule has 4 aromatic rings. The van der Waals surface area contributed by atoms with Crippen LogP contribution in [0.4, 0.5) is 4.39 Å². The van der Waals surface area contributed by atoms with E-state index >= 15 is 0 Å². The van der Waals surface area contributed by atoms with E-state index in [4.69, 9.17) is 0 Å². The molecule has 2 aromatic carbocycles. The van der Waals surface area contributed by atoms with Crippen molar-refractivity contribution in [1.82, 2.24) is 19.9 Å². The molecule has 0 bridgehead atoms. The maximum Gasteiger partial charge on any atom is 0.261 e. The number of nitrogens with one attached hydrogen (secondary N) is 1. The zero-order valence-corrected chi connectivity index (χ0v) is 21.0. The number of para-hydroxylation sites is 1. The van der Waals surface area contributed by atoms with Crippen LogP contribution in [0.15, 0.2) is 78.1 Å². The van der Waals surface area contributed by atoms with Gasteiger partial charge < -0.3 is 5.32 Å². The van der Waals surface area contributed by atoms with Gasteiger partial charge in [0.25, 0.3) is 5.56 Å². The first-order valence-corrected chi connectivity index (χ1v) is 12.2. The van der Waals surface area contributed by atoms with Crippen molar-refractivity contribution in [2.24, 2.45) is 5.92 Å². The molecule has 8 heteroatoms. The summed E-state index contributed by atoms with van der Waals surface area (Å²) in [6, 6.07) is 13.5. The molecular weight excluding hydrogens is 471 g/mol. The second-order valence-corrected chi connectivity index (χ2v) is 9.57. The molecule has 0 aliphatic carbocycles. The van der Waals surface area contributed by atoms with Crippen LogP contribution >= 0.6 is 0 Å². The fourth-order valence-corrected chi connectivity index (χ4v) is 4.40. The Labute approximate surface area is 214 Å². The number of pyridine rings is 1. The van der Waals surface area contributed by atoms with Crippen LogP contribution < -0.4 is 10.9 Å². The molecule has 0 unspecified atom stereocenters. The van der Waals surface area contributed by atoms with Gasteiger partial charge in [-0.3, -0.25) is 23.9 Å². The molecule has 2 aromatic heterocycles. The summed E-state index contributed by atoms with van der Waals surface area (Å²) in [6.07, 6.45) is 4.91. The molecule has 0 spiro atoms. The van der Waals surface area contributed by atoms with Crippen LogP contribution in [-0.2, 0) is 9.59 Å². The maximum absolute atomic E-state index is 14.4. The summed E-state index contributed by atoms with van der Waals surface area (Å²) in [5, 5.41) is 3.38. The van der Waals surface area contributed by atoms with Gasteiger partial charge in [0, 0.05) is 29.9 Å². The largest absolute Gasteiger partial charge is 0.347 e. The first-order valence-electron chi connectivity index (χ1n) is 12.2. The van der Waals surface area contributed by atoms with Crippen molar-refractivity contribution >= 4 is 22.6 Å². The third-order valence-electron chi connectivity index (χ3n) is 6.18. The number of aromatic nitrogens is 3. The highest BCUT2D eigenvalue weighted by molar-refractivity contribution is 5.83. The average molecular weight is 501 g/mol. The smallest absolute Gasteiger partial charge is 0.261 e. The van der Waals surface area contributed by atoms with Gasteiger partial charge >= 0.3 is 0 Å². The van der Waals surface area contributed by atoms with Gasteiger partial charge in [-0.1, -0.05) is 44.2 Å². The van der Waals surface area contributed by atoms with Crippen molar-refractivity contribution in [1.29, 1.82) is 0 Å². The van der Waals surface area contributed by atoms with Crippen LogP contribution in [0.5, 0.6) is 0 Å². The Kier molecular flexibility index (Phi) is 7.86. The van der Waals surface area contributed by atoms with Crippen molar-refractivity contribution in [2.45, 2.75) is 45.7 Å². The summed E-state index contributed by atoms with van der Waals surface area (Å²) in [5.41, 5.74) is 1.72. The molecule has 2 atom stereocenters. The Morgan fingerprint density at radius 1 is 1.05 bits per heavy atom. The second kappa shape index (κ2) is 11.2. The van der Waals surface area contributed by atoms with E-state index in [1.165, 1.54) is 30.1 Å². The first kappa shape index (κ1) is 25.9. The van der Waals surface area contributed by atoms with E-state index in [-0.39, 0.29) is 23.7 Å². The van der Waals surface area contributed by atoms with Gasteiger partial charge in [0.2, 0.25) is 5.91 Å². The molecular formula is C29H29FN4O3. The van der Waals surface area contributed by atoms with E-state index in [0.717, 1.165) is 0 Å². The Bertz CT molecular complexity index is 1500. The summed E-state index contributed by atoms with van der Waals surface area (Å²) in [6.45, 7) is 5.37. The van der Waals surface area contributed by atoms with E-state index in [1.807, 2.05) is 13.8 Å². The molecule has 7 nitrogen and oxygen atoms in total. The van der Waals surface area contributed by atoms with Gasteiger partial charge in [0.05, 0.1) is 23.3 Å². The minimum absolute atomic E-state index is 0.0212. The Morgan fingerprint density at radius 2 is 1.78 bits per heavy atom. The summed E-state index contributed by atoms with van der Waals surface area (Å²) in [5.74, 6) is -0.831. The molecule has 0 fully saturated rings. The van der Waals surface area contributed by atoms with Crippen LogP contribution in [0.2, 0.25) is 0 Å². The number of carbonyl (C=O) groups is 2. The lowest BCUT2D eigenvalue weighted by atomic mass is 9.97. The van der Waals surface area contributed by atoms with Gasteiger partial charge in [-0.15, -0.1) is 0 Å². The molecule has 1 amide bonds. The number of fused-ring (bicyclic) bond motifs is 1. The van der Waals surface area contributed by atoms with Crippen LogP contribution in [0.3, 0.4) is 0 Å². The van der Waals surface area contributed by atoms with Crippen LogP contribution in [0.1, 0.15) is 51.3 Å². The highest BCUT2D eigenvalue weighted by Crippen LogP contribution is 2.27. The predicted octanol–water partition coefficient (Wildman–Crippen LogP) is 5.02. The minimum Gasteiger partial charge on any atom is -0.347 e. The second-order valence-electron chi connectivity index (χ2n) is 9.57. The number of halogens is 1. The summed E-state index contributed by atoms with van der Waals surface area (Å²) >= 11 is 0. The van der Waals surface area contributed by atoms with Gasteiger partial charge in [-0.05, 0) is 49.1 Å². The highest BCUT2D eigenvalue weighted by atomic mass is 19.1. The molecule has 0 aliphatic heterocycles. The first-order chi connectivity index (χ1) is 17.7. The molecule has 0 saturated carbocycles. The lowest BCUT2D eigenvalue weighted by molar-refractivity contribution is -0.126. The van der Waals surface area contributed by atoms with Crippen molar-refractivity contribution < 1.29 is 14.0 Å². The van der Waals surface area contributed by atoms with Gasteiger partial charge in [0.15, 0.2) is 0 Å². The van der Waals surface area contributed by atoms with Crippen molar-refractivity contribution in [3.05, 3.63) is 95.1 Å². The third-order valence-corrected chi connectivity index (χ3v) is 6.18. The number of ketones is 1. The van der Waals surface area contributed by atoms with Crippen molar-refractivity contribution in [3.63, 3.8) is 0 Å². The molecule has 4 rings (SSSR count). The van der Waals surface area contributed by atoms with Crippen LogP contribution in [0, 0.1) is 11.7 Å². The molecule has 190 valence electrons. The number of carbonyl (C=O) groups excluding carboxylic acids is 2. The summed E-state index contributed by atoms with van der Waals surface area (Å²) in [4.78, 5) is 47.7. The average Bonchev–Trinajstić information content (AvgIpc) is 2.87. The van der Waals surface area contributed by atoms with Crippen LogP contribution in [0.25, 0.3) is 22.0 Å². The molecule has 0 radical (unpaired) electrons. The lowest BCUT2D eigenvalue weighted by Crippen LogP contribution is -2.40. The quantitative estimate of drug-likeness (QED) is 0.348. The highest BCUT2D eigenvalue weighted by Gasteiger charge is 2.27. The standard InChI is InChI=1S/C29H29FN4O3/c1-18(2)12-27(34-17-32-25-11-7-5-9-23(25)29(34)37)28(36)33-26(13-19(3)35)21-14-20(15-31-16-21)22-8-4-6-10-24(22)30/h4-11,14-18,26-27H,12-13H2,1-3H3,(H,33,36)/t26-,27-/m0/s1. The molecule has 37 heavy (non-hydrogen) atoms. The summed E-state index contributed by atoms with van der Waals surface area (Å²) < 4.78 is 15.8. The van der Waals surface area contributed by atoms with E-state index in [2.05, 4.69) is 15.3 Å². The number of hydrogen-bond donors (Lipinski definition) is 1. The van der Waals surface area contributed by atoms with Gasteiger partial charge in [-0.25, -0.2) is 9.37 Å². The molecule has 2 heterocycles. The number of amides is 1. The number of nitrogens with zero attached hydrogens (tertiary/aromatic N) is 3. The topological polar surface area (TPSA) is 94.0 Å². The maximum atomic E-state index is 14.4. The fourth-order valence-electron chi connectivity index (χ4n) is 4.40.